The molecule has 1 saturated heterocycles. The lowest BCUT2D eigenvalue weighted by atomic mass is 10.0. The number of esters is 1. The van der Waals surface area contributed by atoms with Gasteiger partial charge < -0.3 is 25.2 Å². The molecule has 1 fully saturated rings. The normalized spacial score (nSPS) is 16.0. The Morgan fingerprint density at radius 1 is 1.43 bits per heavy atom. The van der Waals surface area contributed by atoms with Gasteiger partial charge >= 0.3 is 5.97 Å². The second-order valence-electron chi connectivity index (χ2n) is 5.05. The van der Waals surface area contributed by atoms with Gasteiger partial charge in [-0.1, -0.05) is 0 Å². The smallest absolute Gasteiger partial charge is 0.340 e. The highest BCUT2D eigenvalue weighted by Crippen LogP contribution is 2.27. The number of nitrogens with two attached hydrogens (primary N) is 1. The molecule has 1 heterocycles. The van der Waals surface area contributed by atoms with E-state index in [0.29, 0.717) is 17.9 Å². The average Bonchev–Trinajstić information content (AvgIpc) is 2.52. The molecule has 2 rings (SSSR count). The molecular weight excluding hydrogens is 272 g/mol. The maximum Gasteiger partial charge on any atom is 0.340 e. The zero-order chi connectivity index (χ0) is 15.2. The van der Waals surface area contributed by atoms with Gasteiger partial charge in [0.1, 0.15) is 0 Å². The van der Waals surface area contributed by atoms with Crippen molar-refractivity contribution in [3.63, 3.8) is 0 Å². The summed E-state index contributed by atoms with van der Waals surface area (Å²) in [6.45, 7) is 2.01. The van der Waals surface area contributed by atoms with E-state index in [0.717, 1.165) is 31.6 Å². The Balaban J connectivity index is 2.08. The third-order valence-corrected chi connectivity index (χ3v) is 3.65. The Kier molecular flexibility index (Phi) is 5.41. The van der Waals surface area contributed by atoms with Gasteiger partial charge in [-0.05, 0) is 31.0 Å². The van der Waals surface area contributed by atoms with E-state index in [2.05, 4.69) is 4.90 Å². The number of aliphatic hydroxyl groups is 1. The SMILES string of the molecule is COC(=O)c1cc(N)ccc1N1CCC(OCCO)CC1. The molecule has 1 aromatic rings. The topological polar surface area (TPSA) is 85.0 Å². The van der Waals surface area contributed by atoms with Gasteiger partial charge in [0.05, 0.1) is 37.7 Å². The monoisotopic (exact) mass is 294 g/mol. The lowest BCUT2D eigenvalue weighted by Gasteiger charge is -2.34. The standard InChI is InChI=1S/C15H22N2O4/c1-20-15(19)13-10-11(16)2-3-14(13)17-6-4-12(5-7-17)21-9-8-18/h2-3,10,12,18H,4-9,16H2,1H3. The molecule has 0 radical (unpaired) electrons. The van der Waals surface area contributed by atoms with E-state index in [4.69, 9.17) is 20.3 Å². The first kappa shape index (κ1) is 15.6. The van der Waals surface area contributed by atoms with E-state index in [9.17, 15) is 4.79 Å². The summed E-state index contributed by atoms with van der Waals surface area (Å²) in [5.74, 6) is -0.379. The molecule has 1 aromatic carbocycles. The molecule has 0 amide bonds. The summed E-state index contributed by atoms with van der Waals surface area (Å²) < 4.78 is 10.4. The first-order valence-corrected chi connectivity index (χ1v) is 7.11. The summed E-state index contributed by atoms with van der Waals surface area (Å²) in [6.07, 6.45) is 1.90. The maximum absolute atomic E-state index is 11.9. The largest absolute Gasteiger partial charge is 0.465 e. The maximum atomic E-state index is 11.9. The Labute approximate surface area is 124 Å². The van der Waals surface area contributed by atoms with Gasteiger partial charge in [-0.2, -0.15) is 0 Å². The number of methoxy groups -OCH3 is 1. The molecule has 0 bridgehead atoms. The van der Waals surface area contributed by atoms with E-state index in [1.807, 2.05) is 6.07 Å². The summed E-state index contributed by atoms with van der Waals surface area (Å²) in [5.41, 5.74) is 7.64. The Morgan fingerprint density at radius 3 is 2.76 bits per heavy atom. The van der Waals surface area contributed by atoms with Crippen LogP contribution in [0.5, 0.6) is 0 Å². The van der Waals surface area contributed by atoms with E-state index >= 15 is 0 Å². The van der Waals surface area contributed by atoms with Crippen LogP contribution in [-0.4, -0.2) is 50.6 Å². The predicted molar refractivity (Wildman–Crippen MR) is 80.5 cm³/mol. The van der Waals surface area contributed by atoms with Crippen molar-refractivity contribution in [2.75, 3.05) is 44.0 Å². The minimum absolute atomic E-state index is 0.0463. The number of hydrogen-bond acceptors (Lipinski definition) is 6. The quantitative estimate of drug-likeness (QED) is 0.623. The van der Waals surface area contributed by atoms with Crippen LogP contribution in [0.15, 0.2) is 18.2 Å². The third-order valence-electron chi connectivity index (χ3n) is 3.65. The summed E-state index contributed by atoms with van der Waals surface area (Å²) in [4.78, 5) is 14.0. The highest BCUT2D eigenvalue weighted by molar-refractivity contribution is 5.97. The van der Waals surface area contributed by atoms with Crippen LogP contribution >= 0.6 is 0 Å². The molecule has 1 aliphatic rings. The molecule has 6 nitrogen and oxygen atoms in total. The summed E-state index contributed by atoms with van der Waals surface area (Å²) in [5, 5.41) is 8.78. The number of carbonyl (C=O) groups excluding carboxylic acids is 1. The van der Waals surface area contributed by atoms with Crippen LogP contribution in [0, 0.1) is 0 Å². The van der Waals surface area contributed by atoms with Crippen LogP contribution in [0.2, 0.25) is 0 Å². The van der Waals surface area contributed by atoms with Gasteiger partial charge in [0.2, 0.25) is 0 Å². The van der Waals surface area contributed by atoms with E-state index < -0.39 is 0 Å². The first-order chi connectivity index (χ1) is 10.2. The molecule has 21 heavy (non-hydrogen) atoms. The average molecular weight is 294 g/mol. The van der Waals surface area contributed by atoms with E-state index in [1.54, 1.807) is 12.1 Å². The van der Waals surface area contributed by atoms with E-state index in [-0.39, 0.29) is 18.7 Å². The first-order valence-electron chi connectivity index (χ1n) is 7.11. The number of ether oxygens (including phenoxy) is 2. The molecule has 0 aromatic heterocycles. The minimum Gasteiger partial charge on any atom is -0.465 e. The number of carbonyl (C=O) groups is 1. The van der Waals surface area contributed by atoms with Crippen molar-refractivity contribution in [3.8, 4) is 0 Å². The van der Waals surface area contributed by atoms with Gasteiger partial charge in [0.25, 0.3) is 0 Å². The van der Waals surface area contributed by atoms with Crippen LogP contribution in [-0.2, 0) is 9.47 Å². The summed E-state index contributed by atoms with van der Waals surface area (Å²) in [6, 6.07) is 5.29. The molecule has 0 atom stereocenters. The Hall–Kier alpha value is -1.79. The third kappa shape index (κ3) is 3.86. The van der Waals surface area contributed by atoms with E-state index in [1.165, 1.54) is 7.11 Å². The number of benzene rings is 1. The molecule has 0 saturated carbocycles. The summed E-state index contributed by atoms with van der Waals surface area (Å²) >= 11 is 0. The predicted octanol–water partition coefficient (Wildman–Crippen LogP) is 1.03. The van der Waals surface area contributed by atoms with Crippen molar-refractivity contribution in [2.24, 2.45) is 0 Å². The van der Waals surface area contributed by atoms with Crippen molar-refractivity contribution < 1.29 is 19.4 Å². The van der Waals surface area contributed by atoms with Crippen molar-refractivity contribution in [1.29, 1.82) is 0 Å². The molecule has 1 aliphatic heterocycles. The van der Waals surface area contributed by atoms with Crippen LogP contribution in [0.3, 0.4) is 0 Å². The molecule has 0 unspecified atom stereocenters. The molecular formula is C15H22N2O4. The number of anilines is 2. The van der Waals surface area contributed by atoms with Crippen LogP contribution in [0.1, 0.15) is 23.2 Å². The number of piperidine rings is 1. The van der Waals surface area contributed by atoms with Crippen LogP contribution in [0.4, 0.5) is 11.4 Å². The van der Waals surface area contributed by atoms with Crippen LogP contribution < -0.4 is 10.6 Å². The lowest BCUT2D eigenvalue weighted by molar-refractivity contribution is 0.0159. The van der Waals surface area contributed by atoms with Gasteiger partial charge in [-0.15, -0.1) is 0 Å². The number of aliphatic hydroxyl groups excluding tert-OH is 1. The highest BCUT2D eigenvalue weighted by Gasteiger charge is 2.23. The summed E-state index contributed by atoms with van der Waals surface area (Å²) in [7, 11) is 1.37. The van der Waals surface area contributed by atoms with Crippen LogP contribution in [0.25, 0.3) is 0 Å². The van der Waals surface area contributed by atoms with Gasteiger partial charge in [-0.3, -0.25) is 0 Å². The number of rotatable bonds is 5. The number of hydrogen-bond donors (Lipinski definition) is 2. The second kappa shape index (κ2) is 7.28. The number of nitrogens with zero attached hydrogens (tertiary/aromatic N) is 1. The van der Waals surface area contributed by atoms with Crippen molar-refractivity contribution in [1.82, 2.24) is 0 Å². The number of nitrogen functional groups attached to an aromatic ring is 1. The van der Waals surface area contributed by atoms with Gasteiger partial charge in [0.15, 0.2) is 0 Å². The minimum atomic E-state index is -0.379. The highest BCUT2D eigenvalue weighted by atomic mass is 16.5. The molecule has 0 aliphatic carbocycles. The zero-order valence-corrected chi connectivity index (χ0v) is 12.2. The van der Waals surface area contributed by atoms with Crippen molar-refractivity contribution in [2.45, 2.75) is 18.9 Å². The van der Waals surface area contributed by atoms with Crippen molar-refractivity contribution >= 4 is 17.3 Å². The lowest BCUT2D eigenvalue weighted by Crippen LogP contribution is -2.38. The Bertz CT molecular complexity index is 485. The molecule has 3 N–H and O–H groups in total. The van der Waals surface area contributed by atoms with Crippen molar-refractivity contribution in [3.05, 3.63) is 23.8 Å². The molecule has 6 heteroatoms. The molecule has 116 valence electrons. The molecule has 0 spiro atoms. The fourth-order valence-electron chi connectivity index (χ4n) is 2.59. The Morgan fingerprint density at radius 2 is 2.14 bits per heavy atom. The fourth-order valence-corrected chi connectivity index (χ4v) is 2.59. The zero-order valence-electron chi connectivity index (χ0n) is 12.2. The van der Waals surface area contributed by atoms with Gasteiger partial charge in [-0.25, -0.2) is 4.79 Å². The van der Waals surface area contributed by atoms with Gasteiger partial charge in [0, 0.05) is 18.8 Å². The fraction of sp³-hybridized carbons (Fsp3) is 0.533. The second-order valence-corrected chi connectivity index (χ2v) is 5.05.